The van der Waals surface area contributed by atoms with E-state index in [1.54, 1.807) is 24.3 Å². The molecular formula is C18H16ClF3N3O+. The number of benzene rings is 2. The molecule has 26 heavy (non-hydrogen) atoms. The first-order valence-corrected chi connectivity index (χ1v) is 8.25. The Labute approximate surface area is 153 Å². The van der Waals surface area contributed by atoms with Crippen molar-refractivity contribution in [3.8, 4) is 11.5 Å². The van der Waals surface area contributed by atoms with E-state index in [0.717, 1.165) is 28.2 Å². The Morgan fingerprint density at radius 1 is 0.962 bits per heavy atom. The van der Waals surface area contributed by atoms with Crippen molar-refractivity contribution in [2.75, 3.05) is 7.05 Å². The lowest BCUT2D eigenvalue weighted by atomic mass is 10.1. The summed E-state index contributed by atoms with van der Waals surface area (Å²) >= 11 is 5.85. The van der Waals surface area contributed by atoms with E-state index in [2.05, 4.69) is 10.2 Å². The quantitative estimate of drug-likeness (QED) is 0.733. The standard InChI is InChI=1S/C18H15ClF3N3O/c1-25(10-12-2-6-14(7-3-12)18(20,21)22)11-16-23-24-17(26-16)13-4-8-15(19)9-5-13/h2-9H,10-11H2,1H3/p+1. The lowest BCUT2D eigenvalue weighted by Gasteiger charge is -2.12. The molecule has 3 rings (SSSR count). The Hall–Kier alpha value is -2.38. The summed E-state index contributed by atoms with van der Waals surface area (Å²) < 4.78 is 43.4. The van der Waals surface area contributed by atoms with Crippen LogP contribution >= 0.6 is 11.6 Å². The molecule has 2 aromatic carbocycles. The summed E-state index contributed by atoms with van der Waals surface area (Å²) in [6, 6.07) is 12.2. The molecule has 0 spiro atoms. The lowest BCUT2D eigenvalue weighted by molar-refractivity contribution is -0.909. The number of rotatable bonds is 5. The first-order valence-electron chi connectivity index (χ1n) is 7.87. The largest absolute Gasteiger partial charge is 0.416 e. The number of halogens is 4. The van der Waals surface area contributed by atoms with Crippen LogP contribution in [0.2, 0.25) is 5.02 Å². The number of quaternary nitrogens is 1. The van der Waals surface area contributed by atoms with Crippen molar-refractivity contribution in [1.82, 2.24) is 10.2 Å². The van der Waals surface area contributed by atoms with E-state index in [4.69, 9.17) is 16.0 Å². The van der Waals surface area contributed by atoms with Gasteiger partial charge in [0.1, 0.15) is 6.54 Å². The maximum absolute atomic E-state index is 12.6. The molecule has 0 saturated carbocycles. The highest BCUT2D eigenvalue weighted by Gasteiger charge is 2.30. The second kappa shape index (κ2) is 7.47. The topological polar surface area (TPSA) is 43.4 Å². The van der Waals surface area contributed by atoms with Gasteiger partial charge in [0.15, 0.2) is 6.54 Å². The maximum atomic E-state index is 12.6. The maximum Gasteiger partial charge on any atom is 0.416 e. The molecule has 0 fully saturated rings. The normalized spacial score (nSPS) is 13.0. The average Bonchev–Trinajstić information content (AvgIpc) is 3.03. The molecular weight excluding hydrogens is 367 g/mol. The van der Waals surface area contributed by atoms with Crippen LogP contribution in [0.1, 0.15) is 17.0 Å². The van der Waals surface area contributed by atoms with Crippen molar-refractivity contribution in [3.05, 3.63) is 70.6 Å². The van der Waals surface area contributed by atoms with Gasteiger partial charge in [0, 0.05) is 16.1 Å². The summed E-state index contributed by atoms with van der Waals surface area (Å²) in [6.07, 6.45) is -4.32. The van der Waals surface area contributed by atoms with Gasteiger partial charge in [-0.1, -0.05) is 23.7 Å². The molecule has 1 atom stereocenters. The zero-order chi connectivity index (χ0) is 18.7. The van der Waals surface area contributed by atoms with E-state index in [9.17, 15) is 13.2 Å². The Morgan fingerprint density at radius 2 is 1.62 bits per heavy atom. The summed E-state index contributed by atoms with van der Waals surface area (Å²) in [5.41, 5.74) is 0.921. The van der Waals surface area contributed by atoms with Gasteiger partial charge in [-0.15, -0.1) is 10.2 Å². The highest BCUT2D eigenvalue weighted by molar-refractivity contribution is 6.30. The molecule has 136 valence electrons. The minimum Gasteiger partial charge on any atom is -0.415 e. The van der Waals surface area contributed by atoms with E-state index >= 15 is 0 Å². The van der Waals surface area contributed by atoms with Crippen LogP contribution in [-0.2, 0) is 19.3 Å². The van der Waals surface area contributed by atoms with Gasteiger partial charge in [0.2, 0.25) is 5.89 Å². The number of alkyl halides is 3. The molecule has 0 aliphatic rings. The molecule has 0 radical (unpaired) electrons. The monoisotopic (exact) mass is 382 g/mol. The van der Waals surface area contributed by atoms with E-state index in [0.29, 0.717) is 29.9 Å². The van der Waals surface area contributed by atoms with E-state index < -0.39 is 11.7 Å². The predicted molar refractivity (Wildman–Crippen MR) is 90.5 cm³/mol. The SMILES string of the molecule is C[NH+](Cc1ccc(C(F)(F)F)cc1)Cc1nnc(-c2ccc(Cl)cc2)o1. The van der Waals surface area contributed by atoms with E-state index in [1.165, 1.54) is 12.1 Å². The summed E-state index contributed by atoms with van der Waals surface area (Å²) in [6.45, 7) is 0.998. The molecule has 1 aromatic heterocycles. The van der Waals surface area contributed by atoms with Gasteiger partial charge in [-0.25, -0.2) is 0 Å². The Kier molecular flexibility index (Phi) is 5.29. The molecule has 0 aliphatic carbocycles. The van der Waals surface area contributed by atoms with Gasteiger partial charge in [0.05, 0.1) is 12.6 Å². The van der Waals surface area contributed by atoms with Crippen molar-refractivity contribution >= 4 is 11.6 Å². The third-order valence-electron chi connectivity index (χ3n) is 3.80. The van der Waals surface area contributed by atoms with E-state index in [-0.39, 0.29) is 0 Å². The third-order valence-corrected chi connectivity index (χ3v) is 4.05. The molecule has 0 aliphatic heterocycles. The van der Waals surface area contributed by atoms with Gasteiger partial charge in [-0.05, 0) is 36.4 Å². The fraction of sp³-hybridized carbons (Fsp3) is 0.222. The van der Waals surface area contributed by atoms with Gasteiger partial charge < -0.3 is 9.32 Å². The fourth-order valence-electron chi connectivity index (χ4n) is 2.51. The van der Waals surface area contributed by atoms with Gasteiger partial charge in [0.25, 0.3) is 5.89 Å². The molecule has 1 N–H and O–H groups in total. The van der Waals surface area contributed by atoms with Crippen LogP contribution in [0, 0.1) is 0 Å². The lowest BCUT2D eigenvalue weighted by Crippen LogP contribution is -3.06. The minimum absolute atomic E-state index is 0.402. The van der Waals surface area contributed by atoms with Crippen molar-refractivity contribution in [2.45, 2.75) is 19.3 Å². The number of hydrogen-bond donors (Lipinski definition) is 1. The van der Waals surface area contributed by atoms with Crippen LogP contribution in [-0.4, -0.2) is 17.2 Å². The number of hydrogen-bond acceptors (Lipinski definition) is 3. The fourth-order valence-corrected chi connectivity index (χ4v) is 2.64. The molecule has 1 heterocycles. The minimum atomic E-state index is -4.32. The first kappa shape index (κ1) is 18.4. The van der Waals surface area contributed by atoms with Crippen LogP contribution in [0.15, 0.2) is 52.9 Å². The van der Waals surface area contributed by atoms with Crippen LogP contribution < -0.4 is 4.90 Å². The summed E-state index contributed by atoms with van der Waals surface area (Å²) in [4.78, 5) is 1.01. The number of nitrogens with zero attached hydrogens (tertiary/aromatic N) is 2. The van der Waals surface area contributed by atoms with Crippen LogP contribution in [0.5, 0.6) is 0 Å². The first-order chi connectivity index (χ1) is 12.3. The highest BCUT2D eigenvalue weighted by atomic mass is 35.5. The Bertz CT molecular complexity index is 861. The van der Waals surface area contributed by atoms with Crippen molar-refractivity contribution < 1.29 is 22.5 Å². The molecule has 0 bridgehead atoms. The van der Waals surface area contributed by atoms with Crippen molar-refractivity contribution in [2.24, 2.45) is 0 Å². The van der Waals surface area contributed by atoms with Gasteiger partial charge in [-0.3, -0.25) is 0 Å². The molecule has 4 nitrogen and oxygen atoms in total. The second-order valence-electron chi connectivity index (χ2n) is 6.01. The molecule has 0 amide bonds. The molecule has 8 heteroatoms. The van der Waals surface area contributed by atoms with Crippen LogP contribution in [0.25, 0.3) is 11.5 Å². The zero-order valence-electron chi connectivity index (χ0n) is 13.8. The van der Waals surface area contributed by atoms with Gasteiger partial charge >= 0.3 is 6.18 Å². The summed E-state index contributed by atoms with van der Waals surface area (Å²) in [7, 11) is 1.91. The molecule has 0 saturated heterocycles. The third kappa shape index (κ3) is 4.62. The molecule has 3 aromatic rings. The smallest absolute Gasteiger partial charge is 0.415 e. The highest BCUT2D eigenvalue weighted by Crippen LogP contribution is 2.29. The average molecular weight is 383 g/mol. The Morgan fingerprint density at radius 3 is 2.23 bits per heavy atom. The summed E-state index contributed by atoms with van der Waals surface area (Å²) in [5.74, 6) is 0.860. The zero-order valence-corrected chi connectivity index (χ0v) is 14.6. The van der Waals surface area contributed by atoms with Gasteiger partial charge in [-0.2, -0.15) is 13.2 Å². The number of nitrogens with one attached hydrogen (secondary N) is 1. The van der Waals surface area contributed by atoms with E-state index in [1.807, 2.05) is 7.05 Å². The van der Waals surface area contributed by atoms with Crippen LogP contribution in [0.4, 0.5) is 13.2 Å². The Balaban J connectivity index is 1.61. The molecule has 1 unspecified atom stereocenters. The number of aromatic nitrogens is 2. The van der Waals surface area contributed by atoms with Crippen molar-refractivity contribution in [3.63, 3.8) is 0 Å². The van der Waals surface area contributed by atoms with Crippen LogP contribution in [0.3, 0.4) is 0 Å². The van der Waals surface area contributed by atoms with Crippen molar-refractivity contribution in [1.29, 1.82) is 0 Å². The second-order valence-corrected chi connectivity index (χ2v) is 6.45. The predicted octanol–water partition coefficient (Wildman–Crippen LogP) is 3.62. The summed E-state index contributed by atoms with van der Waals surface area (Å²) in [5, 5.41) is 8.66.